The van der Waals surface area contributed by atoms with Crippen molar-refractivity contribution >= 4 is 5.91 Å². The lowest BCUT2D eigenvalue weighted by Crippen LogP contribution is -2.41. The van der Waals surface area contributed by atoms with Gasteiger partial charge in [-0.25, -0.2) is 4.98 Å². The first-order chi connectivity index (χ1) is 11.7. The van der Waals surface area contributed by atoms with Crippen LogP contribution in [0.15, 0.2) is 36.5 Å². The Morgan fingerprint density at radius 2 is 1.96 bits per heavy atom. The molecule has 24 heavy (non-hydrogen) atoms. The number of likely N-dealkylation sites (tertiary alicyclic amines) is 1. The van der Waals surface area contributed by atoms with Gasteiger partial charge >= 0.3 is 0 Å². The number of piperidine rings is 1. The summed E-state index contributed by atoms with van der Waals surface area (Å²) < 4.78 is 5.88. The van der Waals surface area contributed by atoms with Gasteiger partial charge in [0, 0.05) is 43.8 Å². The number of aryl methyl sites for hydroxylation is 1. The lowest BCUT2D eigenvalue weighted by molar-refractivity contribution is 0.0587. The van der Waals surface area contributed by atoms with E-state index in [1.807, 2.05) is 11.8 Å². The minimum Gasteiger partial charge on any atom is -0.474 e. The van der Waals surface area contributed by atoms with Crippen molar-refractivity contribution in [3.8, 4) is 11.9 Å². The second-order valence-corrected chi connectivity index (χ2v) is 5.74. The van der Waals surface area contributed by atoms with E-state index < -0.39 is 0 Å². The molecule has 1 aromatic carbocycles. The highest BCUT2D eigenvalue weighted by Crippen LogP contribution is 2.19. The number of carbonyl (C=O) groups is 1. The Kier molecular flexibility index (Phi) is 4.71. The Morgan fingerprint density at radius 3 is 2.58 bits per heavy atom. The van der Waals surface area contributed by atoms with Crippen LogP contribution in [0.1, 0.15) is 34.6 Å². The molecular formula is C18H18N4O2. The number of rotatable bonds is 3. The average molecular weight is 322 g/mol. The van der Waals surface area contributed by atoms with Crippen molar-refractivity contribution in [2.24, 2.45) is 0 Å². The van der Waals surface area contributed by atoms with Crippen LogP contribution < -0.4 is 4.74 Å². The second-order valence-electron chi connectivity index (χ2n) is 5.74. The van der Waals surface area contributed by atoms with Gasteiger partial charge < -0.3 is 9.64 Å². The van der Waals surface area contributed by atoms with Gasteiger partial charge in [0.25, 0.3) is 5.91 Å². The molecule has 0 spiro atoms. The lowest BCUT2D eigenvalue weighted by Gasteiger charge is -2.32. The highest BCUT2D eigenvalue weighted by molar-refractivity contribution is 5.94. The molecule has 1 aromatic heterocycles. The van der Waals surface area contributed by atoms with Crippen molar-refractivity contribution in [1.29, 1.82) is 5.26 Å². The van der Waals surface area contributed by atoms with Crippen LogP contribution in [0.25, 0.3) is 0 Å². The maximum atomic E-state index is 12.5. The molecule has 1 aliphatic heterocycles. The van der Waals surface area contributed by atoms with Crippen molar-refractivity contribution in [2.75, 3.05) is 13.1 Å². The Morgan fingerprint density at radius 1 is 1.25 bits per heavy atom. The number of nitrogens with zero attached hydrogens (tertiary/aromatic N) is 4. The molecular weight excluding hydrogens is 304 g/mol. The smallest absolute Gasteiger partial charge is 0.253 e. The summed E-state index contributed by atoms with van der Waals surface area (Å²) in [5, 5.41) is 8.81. The summed E-state index contributed by atoms with van der Waals surface area (Å²) in [5.74, 6) is 1.26. The van der Waals surface area contributed by atoms with E-state index in [2.05, 4.69) is 16.0 Å². The summed E-state index contributed by atoms with van der Waals surface area (Å²) >= 11 is 0. The largest absolute Gasteiger partial charge is 0.474 e. The molecule has 122 valence electrons. The number of hydrogen-bond acceptors (Lipinski definition) is 5. The molecule has 6 heteroatoms. The quantitative estimate of drug-likeness (QED) is 0.866. The highest BCUT2D eigenvalue weighted by atomic mass is 16.5. The van der Waals surface area contributed by atoms with Crippen molar-refractivity contribution in [3.63, 3.8) is 0 Å². The number of benzene rings is 1. The fourth-order valence-corrected chi connectivity index (χ4v) is 2.72. The molecule has 1 amide bonds. The summed E-state index contributed by atoms with van der Waals surface area (Å²) in [5.41, 5.74) is 1.17. The van der Waals surface area contributed by atoms with Gasteiger partial charge in [-0.3, -0.25) is 4.79 Å². The minimum absolute atomic E-state index is 0.00387. The molecule has 3 rings (SSSR count). The third kappa shape index (κ3) is 3.69. The molecule has 1 saturated heterocycles. The van der Waals surface area contributed by atoms with Crippen molar-refractivity contribution < 1.29 is 9.53 Å². The molecule has 2 heterocycles. The SMILES string of the molecule is Cc1nccc(OC2CCN(C(=O)c3ccc(C#N)cc3)CC2)n1. The van der Waals surface area contributed by atoms with E-state index in [9.17, 15) is 4.79 Å². The predicted molar refractivity (Wildman–Crippen MR) is 87.5 cm³/mol. The maximum absolute atomic E-state index is 12.5. The molecule has 0 atom stereocenters. The average Bonchev–Trinajstić information content (AvgIpc) is 2.62. The zero-order valence-corrected chi connectivity index (χ0v) is 13.5. The normalized spacial score (nSPS) is 14.9. The Balaban J connectivity index is 1.56. The van der Waals surface area contributed by atoms with E-state index >= 15 is 0 Å². The van der Waals surface area contributed by atoms with Gasteiger partial charge in [-0.05, 0) is 31.2 Å². The first kappa shape index (κ1) is 15.9. The van der Waals surface area contributed by atoms with Gasteiger partial charge in [-0.2, -0.15) is 10.2 Å². The fraction of sp³-hybridized carbons (Fsp3) is 0.333. The molecule has 6 nitrogen and oxygen atoms in total. The van der Waals surface area contributed by atoms with Crippen LogP contribution in [-0.2, 0) is 0 Å². The Labute approximate surface area is 140 Å². The van der Waals surface area contributed by atoms with Crippen LogP contribution >= 0.6 is 0 Å². The summed E-state index contributed by atoms with van der Waals surface area (Å²) in [6.07, 6.45) is 3.28. The third-order valence-corrected chi connectivity index (χ3v) is 4.03. The Bertz CT molecular complexity index is 759. The van der Waals surface area contributed by atoms with Crippen molar-refractivity contribution in [1.82, 2.24) is 14.9 Å². The van der Waals surface area contributed by atoms with Crippen LogP contribution in [0.2, 0.25) is 0 Å². The van der Waals surface area contributed by atoms with E-state index in [1.165, 1.54) is 0 Å². The van der Waals surface area contributed by atoms with E-state index in [0.717, 1.165) is 12.8 Å². The zero-order valence-electron chi connectivity index (χ0n) is 13.5. The summed E-state index contributed by atoms with van der Waals surface area (Å²) in [4.78, 5) is 22.6. The minimum atomic E-state index is -0.00387. The number of amides is 1. The molecule has 0 bridgehead atoms. The van der Waals surface area contributed by atoms with Crippen LogP contribution in [0.3, 0.4) is 0 Å². The van der Waals surface area contributed by atoms with Gasteiger partial charge in [-0.15, -0.1) is 0 Å². The standard InChI is InChI=1S/C18H18N4O2/c1-13-20-9-6-17(21-13)24-16-7-10-22(11-8-16)18(23)15-4-2-14(12-19)3-5-15/h2-6,9,16H,7-8,10-11H2,1H3. The van der Waals surface area contributed by atoms with Gasteiger partial charge in [0.05, 0.1) is 11.6 Å². The Hall–Kier alpha value is -2.94. The van der Waals surface area contributed by atoms with Crippen LogP contribution in [0, 0.1) is 18.3 Å². The molecule has 0 saturated carbocycles. The summed E-state index contributed by atoms with van der Waals surface area (Å²) in [7, 11) is 0. The molecule has 0 radical (unpaired) electrons. The number of carbonyl (C=O) groups excluding carboxylic acids is 1. The van der Waals surface area contributed by atoms with E-state index in [4.69, 9.17) is 10.00 Å². The molecule has 0 aliphatic carbocycles. The van der Waals surface area contributed by atoms with Crippen LogP contribution in [-0.4, -0.2) is 40.0 Å². The number of hydrogen-bond donors (Lipinski definition) is 0. The van der Waals surface area contributed by atoms with Crippen molar-refractivity contribution in [3.05, 3.63) is 53.5 Å². The molecule has 1 fully saturated rings. The number of ether oxygens (including phenoxy) is 1. The predicted octanol–water partition coefficient (Wildman–Crippen LogP) is 2.34. The zero-order chi connectivity index (χ0) is 16.9. The lowest BCUT2D eigenvalue weighted by atomic mass is 10.1. The molecule has 2 aromatic rings. The van der Waals surface area contributed by atoms with Crippen LogP contribution in [0.5, 0.6) is 5.88 Å². The highest BCUT2D eigenvalue weighted by Gasteiger charge is 2.25. The molecule has 0 unspecified atom stereocenters. The van der Waals surface area contributed by atoms with Crippen LogP contribution in [0.4, 0.5) is 0 Å². The van der Waals surface area contributed by atoms with E-state index in [1.54, 1.807) is 36.5 Å². The number of aromatic nitrogens is 2. The maximum Gasteiger partial charge on any atom is 0.253 e. The van der Waals surface area contributed by atoms with Gasteiger partial charge in [0.2, 0.25) is 5.88 Å². The van der Waals surface area contributed by atoms with E-state index in [0.29, 0.717) is 35.9 Å². The molecule has 1 aliphatic rings. The topological polar surface area (TPSA) is 79.1 Å². The number of nitriles is 1. The molecule has 0 N–H and O–H groups in total. The van der Waals surface area contributed by atoms with Gasteiger partial charge in [0.15, 0.2) is 0 Å². The summed E-state index contributed by atoms with van der Waals surface area (Å²) in [6.45, 7) is 3.12. The van der Waals surface area contributed by atoms with Gasteiger partial charge in [0.1, 0.15) is 11.9 Å². The fourth-order valence-electron chi connectivity index (χ4n) is 2.72. The van der Waals surface area contributed by atoms with Gasteiger partial charge in [-0.1, -0.05) is 0 Å². The monoisotopic (exact) mass is 322 g/mol. The first-order valence-electron chi connectivity index (χ1n) is 7.91. The second kappa shape index (κ2) is 7.09. The third-order valence-electron chi connectivity index (χ3n) is 4.03. The first-order valence-corrected chi connectivity index (χ1v) is 7.91. The van der Waals surface area contributed by atoms with E-state index in [-0.39, 0.29) is 12.0 Å². The van der Waals surface area contributed by atoms with Crippen molar-refractivity contribution in [2.45, 2.75) is 25.9 Å². The summed E-state index contributed by atoms with van der Waals surface area (Å²) in [6, 6.07) is 10.5.